The van der Waals surface area contributed by atoms with Crippen molar-refractivity contribution in [3.63, 3.8) is 0 Å². The van der Waals surface area contributed by atoms with Crippen molar-refractivity contribution in [2.75, 3.05) is 6.61 Å². The zero-order valence-corrected chi connectivity index (χ0v) is 13.0. The fourth-order valence-corrected chi connectivity index (χ4v) is 2.80. The van der Waals surface area contributed by atoms with Crippen LogP contribution in [0.3, 0.4) is 0 Å². The van der Waals surface area contributed by atoms with E-state index >= 15 is 0 Å². The van der Waals surface area contributed by atoms with Gasteiger partial charge in [0.2, 0.25) is 0 Å². The van der Waals surface area contributed by atoms with E-state index in [1.54, 1.807) is 0 Å². The molecule has 1 aliphatic carbocycles. The molecule has 1 aromatic carbocycles. The van der Waals surface area contributed by atoms with E-state index in [0.29, 0.717) is 12.2 Å². The molecule has 7 nitrogen and oxygen atoms in total. The van der Waals surface area contributed by atoms with Crippen LogP contribution in [0.4, 0.5) is 5.69 Å². The van der Waals surface area contributed by atoms with Crippen LogP contribution in [0.5, 0.6) is 5.75 Å². The predicted molar refractivity (Wildman–Crippen MR) is 83.5 cm³/mol. The Hall–Kier alpha value is -2.44. The summed E-state index contributed by atoms with van der Waals surface area (Å²) < 4.78 is 5.34. The molecule has 1 fully saturated rings. The molecule has 0 aliphatic heterocycles. The number of hydrogen-bond acceptors (Lipinski definition) is 5. The van der Waals surface area contributed by atoms with Crippen molar-refractivity contribution < 1.29 is 19.2 Å². The van der Waals surface area contributed by atoms with E-state index < -0.39 is 4.92 Å². The zero-order valence-electron chi connectivity index (χ0n) is 13.0. The highest BCUT2D eigenvalue weighted by Gasteiger charge is 2.23. The van der Waals surface area contributed by atoms with Crippen molar-refractivity contribution in [1.29, 1.82) is 0 Å². The van der Waals surface area contributed by atoms with E-state index in [1.165, 1.54) is 18.6 Å². The van der Waals surface area contributed by atoms with Gasteiger partial charge in [0.1, 0.15) is 5.75 Å². The second-order valence-electron chi connectivity index (χ2n) is 5.82. The van der Waals surface area contributed by atoms with E-state index in [0.717, 1.165) is 25.3 Å². The van der Waals surface area contributed by atoms with Crippen LogP contribution >= 0.6 is 0 Å². The van der Waals surface area contributed by atoms with Crippen LogP contribution < -0.4 is 10.1 Å². The molecule has 7 heteroatoms. The Kier molecular flexibility index (Phi) is 5.67. The zero-order chi connectivity index (χ0) is 16.8. The van der Waals surface area contributed by atoms with E-state index in [1.807, 2.05) is 0 Å². The van der Waals surface area contributed by atoms with Gasteiger partial charge in [0.15, 0.2) is 12.9 Å². The van der Waals surface area contributed by atoms with Gasteiger partial charge in [0.25, 0.3) is 11.6 Å². The molecule has 0 spiro atoms. The van der Waals surface area contributed by atoms with Crippen molar-refractivity contribution in [2.24, 2.45) is 5.92 Å². The van der Waals surface area contributed by atoms with Gasteiger partial charge in [0, 0.05) is 18.2 Å². The van der Waals surface area contributed by atoms with Gasteiger partial charge in [-0.25, -0.2) is 0 Å². The lowest BCUT2D eigenvalue weighted by atomic mass is 9.86. The second-order valence-corrected chi connectivity index (χ2v) is 5.82. The molecule has 1 aliphatic rings. The van der Waals surface area contributed by atoms with Gasteiger partial charge in [-0.1, -0.05) is 19.8 Å². The van der Waals surface area contributed by atoms with Crippen LogP contribution in [-0.2, 0) is 4.79 Å². The Balaban J connectivity index is 1.93. The Labute approximate surface area is 134 Å². The fourth-order valence-electron chi connectivity index (χ4n) is 2.80. The summed E-state index contributed by atoms with van der Waals surface area (Å²) in [6, 6.07) is 3.85. The molecular formula is C16H20N2O5. The summed E-state index contributed by atoms with van der Waals surface area (Å²) in [5.74, 6) is 0.356. The summed E-state index contributed by atoms with van der Waals surface area (Å²) >= 11 is 0. The highest BCUT2D eigenvalue weighted by Crippen LogP contribution is 2.24. The molecule has 0 radical (unpaired) electrons. The molecule has 2 rings (SSSR count). The first kappa shape index (κ1) is 16.9. The minimum absolute atomic E-state index is 0.0537. The minimum atomic E-state index is -0.589. The first-order valence-electron chi connectivity index (χ1n) is 7.67. The Bertz CT molecular complexity index is 602. The second kappa shape index (κ2) is 7.71. The largest absolute Gasteiger partial charge is 0.483 e. The highest BCUT2D eigenvalue weighted by molar-refractivity contribution is 5.82. The third kappa shape index (κ3) is 4.51. The maximum Gasteiger partial charge on any atom is 0.270 e. The molecule has 1 amide bonds. The topological polar surface area (TPSA) is 98.5 Å². The molecule has 0 bridgehead atoms. The number of amides is 1. The van der Waals surface area contributed by atoms with E-state index in [4.69, 9.17) is 4.74 Å². The minimum Gasteiger partial charge on any atom is -0.483 e. The summed E-state index contributed by atoms with van der Waals surface area (Å²) in [6.07, 6.45) is 4.83. The van der Waals surface area contributed by atoms with Crippen molar-refractivity contribution in [2.45, 2.75) is 38.6 Å². The summed E-state index contributed by atoms with van der Waals surface area (Å²) in [4.78, 5) is 33.1. The smallest absolute Gasteiger partial charge is 0.270 e. The van der Waals surface area contributed by atoms with Gasteiger partial charge in [-0.05, 0) is 24.8 Å². The summed E-state index contributed by atoms with van der Waals surface area (Å²) in [7, 11) is 0. The van der Waals surface area contributed by atoms with Gasteiger partial charge in [-0.3, -0.25) is 19.7 Å². The fraction of sp³-hybridized carbons (Fsp3) is 0.500. The van der Waals surface area contributed by atoms with Crippen LogP contribution in [0, 0.1) is 16.0 Å². The van der Waals surface area contributed by atoms with Crippen LogP contribution in [-0.4, -0.2) is 29.8 Å². The highest BCUT2D eigenvalue weighted by atomic mass is 16.6. The standard InChI is InChI=1S/C16H20N2O5/c1-11-4-2-3-5-14(11)17-16(20)10-23-15-7-6-13(18(21)22)8-12(15)9-19/h6-9,11,14H,2-5,10H2,1H3,(H,17,20)/t11-,14+/m1/s1. The van der Waals surface area contributed by atoms with Gasteiger partial charge < -0.3 is 10.1 Å². The number of benzene rings is 1. The predicted octanol–water partition coefficient (Wildman–Crippen LogP) is 2.48. The number of nitro groups is 1. The average Bonchev–Trinajstić information content (AvgIpc) is 2.54. The maximum absolute atomic E-state index is 12.0. The third-order valence-corrected chi connectivity index (χ3v) is 4.15. The van der Waals surface area contributed by atoms with Crippen LogP contribution in [0.15, 0.2) is 18.2 Å². The lowest BCUT2D eigenvalue weighted by Gasteiger charge is -2.29. The van der Waals surface area contributed by atoms with Crippen LogP contribution in [0.2, 0.25) is 0 Å². The third-order valence-electron chi connectivity index (χ3n) is 4.15. The SMILES string of the molecule is C[C@@H]1CCCC[C@@H]1NC(=O)COc1ccc([N+](=O)[O-])cc1C=O. The number of rotatable bonds is 6. The molecular weight excluding hydrogens is 300 g/mol. The quantitative estimate of drug-likeness (QED) is 0.493. The molecule has 0 heterocycles. The number of carbonyl (C=O) groups excluding carboxylic acids is 2. The molecule has 0 saturated heterocycles. The van der Waals surface area contributed by atoms with Gasteiger partial charge in [-0.2, -0.15) is 0 Å². The number of nitro benzene ring substituents is 1. The average molecular weight is 320 g/mol. The van der Waals surface area contributed by atoms with Gasteiger partial charge >= 0.3 is 0 Å². The van der Waals surface area contributed by atoms with Crippen LogP contribution in [0.1, 0.15) is 43.0 Å². The lowest BCUT2D eigenvalue weighted by molar-refractivity contribution is -0.384. The molecule has 1 saturated carbocycles. The summed E-state index contributed by atoms with van der Waals surface area (Å²) in [5, 5.41) is 13.6. The Morgan fingerprint density at radius 3 is 2.83 bits per heavy atom. The molecule has 23 heavy (non-hydrogen) atoms. The van der Waals surface area contributed by atoms with Gasteiger partial charge in [-0.15, -0.1) is 0 Å². The van der Waals surface area contributed by atoms with E-state index in [9.17, 15) is 19.7 Å². The van der Waals surface area contributed by atoms with Crippen molar-refractivity contribution in [3.05, 3.63) is 33.9 Å². The monoisotopic (exact) mass is 320 g/mol. The molecule has 124 valence electrons. The number of ether oxygens (including phenoxy) is 1. The Morgan fingerprint density at radius 2 is 2.17 bits per heavy atom. The molecule has 0 aromatic heterocycles. The molecule has 2 atom stereocenters. The van der Waals surface area contributed by atoms with Crippen molar-refractivity contribution >= 4 is 17.9 Å². The lowest BCUT2D eigenvalue weighted by Crippen LogP contribution is -2.43. The van der Waals surface area contributed by atoms with E-state index in [2.05, 4.69) is 12.2 Å². The maximum atomic E-state index is 12.0. The number of non-ortho nitro benzene ring substituents is 1. The molecule has 0 unspecified atom stereocenters. The number of carbonyl (C=O) groups is 2. The number of nitrogens with zero attached hydrogens (tertiary/aromatic N) is 1. The van der Waals surface area contributed by atoms with E-state index in [-0.39, 0.29) is 35.6 Å². The van der Waals surface area contributed by atoms with Gasteiger partial charge in [0.05, 0.1) is 10.5 Å². The number of hydrogen-bond donors (Lipinski definition) is 1. The van der Waals surface area contributed by atoms with Crippen LogP contribution in [0.25, 0.3) is 0 Å². The Morgan fingerprint density at radius 1 is 1.43 bits per heavy atom. The summed E-state index contributed by atoms with van der Waals surface area (Å²) in [6.45, 7) is 1.90. The molecule has 1 aromatic rings. The first-order valence-corrected chi connectivity index (χ1v) is 7.67. The van der Waals surface area contributed by atoms with Crippen molar-refractivity contribution in [1.82, 2.24) is 5.32 Å². The normalized spacial score (nSPS) is 20.6. The number of nitrogens with one attached hydrogen (secondary N) is 1. The first-order chi connectivity index (χ1) is 11.0. The number of aldehydes is 1. The summed E-state index contributed by atoms with van der Waals surface area (Å²) in [5.41, 5.74) is -0.141. The van der Waals surface area contributed by atoms with Crippen molar-refractivity contribution in [3.8, 4) is 5.75 Å². The molecule has 1 N–H and O–H groups in total.